The fourth-order valence-electron chi connectivity index (χ4n) is 2.70. The molecule has 3 amide bonds. The van der Waals surface area contributed by atoms with E-state index in [0.717, 1.165) is 0 Å². The topological polar surface area (TPSA) is 188 Å². The van der Waals surface area contributed by atoms with Crippen LogP contribution < -0.4 is 21.7 Å². The summed E-state index contributed by atoms with van der Waals surface area (Å²) in [7, 11) is 0. The lowest BCUT2D eigenvalue weighted by Gasteiger charge is -2.25. The van der Waals surface area contributed by atoms with Gasteiger partial charge in [0.05, 0.1) is 12.5 Å². The van der Waals surface area contributed by atoms with Gasteiger partial charge in [-0.05, 0) is 36.7 Å². The van der Waals surface area contributed by atoms with Crippen molar-refractivity contribution in [2.45, 2.75) is 71.1 Å². The van der Waals surface area contributed by atoms with Gasteiger partial charge in [-0.25, -0.2) is 4.79 Å². The molecule has 0 spiro atoms. The summed E-state index contributed by atoms with van der Waals surface area (Å²) in [6, 6.07) is -4.62. The average Bonchev–Trinajstić information content (AvgIpc) is 2.68. The van der Waals surface area contributed by atoms with E-state index in [1.54, 1.807) is 27.7 Å². The van der Waals surface area contributed by atoms with Gasteiger partial charge in [-0.2, -0.15) is 11.8 Å². The van der Waals surface area contributed by atoms with Gasteiger partial charge in [0, 0.05) is 0 Å². The Labute approximate surface area is 192 Å². The molecule has 32 heavy (non-hydrogen) atoms. The van der Waals surface area contributed by atoms with Crippen LogP contribution in [-0.4, -0.2) is 76.0 Å². The third-order valence-electron chi connectivity index (χ3n) is 4.60. The van der Waals surface area contributed by atoms with Gasteiger partial charge in [0.25, 0.3) is 0 Å². The average molecular weight is 477 g/mol. The molecule has 0 fully saturated rings. The number of hydrogen-bond donors (Lipinski definition) is 6. The van der Waals surface area contributed by atoms with Gasteiger partial charge in [-0.1, -0.05) is 27.7 Å². The minimum Gasteiger partial charge on any atom is -0.481 e. The monoisotopic (exact) mass is 476 g/mol. The summed E-state index contributed by atoms with van der Waals surface area (Å²) < 4.78 is 0. The Bertz CT molecular complexity index is 672. The summed E-state index contributed by atoms with van der Waals surface area (Å²) >= 11 is 1.44. The van der Waals surface area contributed by atoms with E-state index in [0.29, 0.717) is 5.75 Å². The highest BCUT2D eigenvalue weighted by Crippen LogP contribution is 2.08. The van der Waals surface area contributed by atoms with E-state index in [1.807, 2.05) is 6.26 Å². The summed E-state index contributed by atoms with van der Waals surface area (Å²) in [6.45, 7) is 7.06. The Hall–Kier alpha value is -2.34. The summed E-state index contributed by atoms with van der Waals surface area (Å²) in [5.41, 5.74) is 5.83. The molecule has 7 N–H and O–H groups in total. The van der Waals surface area contributed by atoms with Crippen LogP contribution in [0.4, 0.5) is 0 Å². The summed E-state index contributed by atoms with van der Waals surface area (Å²) in [4.78, 5) is 60.4. The van der Waals surface area contributed by atoms with Gasteiger partial charge in [-0.3, -0.25) is 19.2 Å². The molecule has 0 saturated heterocycles. The number of aliphatic carboxylic acids is 2. The van der Waals surface area contributed by atoms with Crippen molar-refractivity contribution in [3.8, 4) is 0 Å². The quantitative estimate of drug-likeness (QED) is 0.186. The predicted octanol–water partition coefficient (Wildman–Crippen LogP) is -0.217. The molecule has 0 aromatic heterocycles. The first kappa shape index (κ1) is 29.7. The molecule has 0 saturated carbocycles. The highest BCUT2D eigenvalue weighted by atomic mass is 32.2. The molecule has 0 radical (unpaired) electrons. The van der Waals surface area contributed by atoms with E-state index >= 15 is 0 Å². The summed E-state index contributed by atoms with van der Waals surface area (Å²) in [5, 5.41) is 25.7. The Balaban J connectivity index is 5.49. The first-order chi connectivity index (χ1) is 14.8. The van der Waals surface area contributed by atoms with Crippen molar-refractivity contribution in [1.29, 1.82) is 0 Å². The number of rotatable bonds is 15. The zero-order valence-corrected chi connectivity index (χ0v) is 20.0. The van der Waals surface area contributed by atoms with Crippen molar-refractivity contribution in [1.82, 2.24) is 16.0 Å². The summed E-state index contributed by atoms with van der Waals surface area (Å²) in [6.07, 6.45) is 1.43. The van der Waals surface area contributed by atoms with E-state index in [1.165, 1.54) is 11.8 Å². The molecule has 0 aromatic carbocycles. The van der Waals surface area contributed by atoms with Crippen LogP contribution in [0.25, 0.3) is 0 Å². The number of carboxylic acids is 2. The van der Waals surface area contributed by atoms with E-state index < -0.39 is 60.2 Å². The molecule has 12 heteroatoms. The number of nitrogens with one attached hydrogen (secondary N) is 3. The molecular formula is C20H36N4O7S. The third kappa shape index (κ3) is 11.3. The Morgan fingerprint density at radius 1 is 0.844 bits per heavy atom. The second-order valence-electron chi connectivity index (χ2n) is 8.30. The number of amides is 3. The molecule has 0 aromatic rings. The minimum absolute atomic E-state index is 0.0415. The Morgan fingerprint density at radius 2 is 1.34 bits per heavy atom. The zero-order chi connectivity index (χ0) is 25.0. The van der Waals surface area contributed by atoms with E-state index in [4.69, 9.17) is 10.8 Å². The van der Waals surface area contributed by atoms with Crippen LogP contribution in [0.3, 0.4) is 0 Å². The van der Waals surface area contributed by atoms with Crippen LogP contribution in [0.5, 0.6) is 0 Å². The van der Waals surface area contributed by atoms with Crippen molar-refractivity contribution in [3.05, 3.63) is 0 Å². The van der Waals surface area contributed by atoms with Crippen molar-refractivity contribution >= 4 is 41.4 Å². The molecule has 0 aliphatic carbocycles. The smallest absolute Gasteiger partial charge is 0.326 e. The molecule has 4 atom stereocenters. The van der Waals surface area contributed by atoms with Gasteiger partial charge >= 0.3 is 11.9 Å². The van der Waals surface area contributed by atoms with Gasteiger partial charge in [-0.15, -0.1) is 0 Å². The van der Waals surface area contributed by atoms with Crippen LogP contribution in [-0.2, 0) is 24.0 Å². The molecule has 11 nitrogen and oxygen atoms in total. The van der Waals surface area contributed by atoms with Gasteiger partial charge in [0.1, 0.15) is 18.1 Å². The molecule has 0 rings (SSSR count). The number of nitrogens with two attached hydrogens (primary N) is 1. The second-order valence-corrected chi connectivity index (χ2v) is 9.29. The maximum absolute atomic E-state index is 12.8. The third-order valence-corrected chi connectivity index (χ3v) is 5.24. The van der Waals surface area contributed by atoms with E-state index in [2.05, 4.69) is 16.0 Å². The highest BCUT2D eigenvalue weighted by molar-refractivity contribution is 7.98. The highest BCUT2D eigenvalue weighted by Gasteiger charge is 2.32. The fraction of sp³-hybridized carbons (Fsp3) is 0.750. The van der Waals surface area contributed by atoms with E-state index in [-0.39, 0.29) is 24.7 Å². The fourth-order valence-corrected chi connectivity index (χ4v) is 3.17. The predicted molar refractivity (Wildman–Crippen MR) is 121 cm³/mol. The van der Waals surface area contributed by atoms with Crippen LogP contribution >= 0.6 is 11.8 Å². The zero-order valence-electron chi connectivity index (χ0n) is 19.2. The SMILES string of the molecule is CSCCC(NC(=O)C(N)C(C)C)C(=O)NC(CC(=O)O)C(=O)NC(CC(C)C)C(=O)O. The molecule has 0 aliphatic rings. The lowest BCUT2D eigenvalue weighted by molar-refractivity contribution is -0.144. The number of hydrogen-bond acceptors (Lipinski definition) is 7. The number of thioether (sulfide) groups is 1. The normalized spacial score (nSPS) is 14.9. The Morgan fingerprint density at radius 3 is 1.78 bits per heavy atom. The number of carboxylic acid groups (broad SMARTS) is 2. The Kier molecular flexibility index (Phi) is 13.6. The van der Waals surface area contributed by atoms with Crippen molar-refractivity contribution in [2.75, 3.05) is 12.0 Å². The van der Waals surface area contributed by atoms with Crippen molar-refractivity contribution in [2.24, 2.45) is 17.6 Å². The standard InChI is InChI=1S/C20H36N4O7S/c1-10(2)8-14(20(30)31)24-18(28)13(9-15(25)26)23-17(27)12(6-7-32-5)22-19(29)16(21)11(3)4/h10-14,16H,6-9,21H2,1-5H3,(H,22,29)(H,23,27)(H,24,28)(H,25,26)(H,30,31). The molecule has 0 aliphatic heterocycles. The summed E-state index contributed by atoms with van der Waals surface area (Å²) in [5.74, 6) is -4.53. The van der Waals surface area contributed by atoms with Crippen molar-refractivity contribution < 1.29 is 34.2 Å². The molecule has 0 bridgehead atoms. The van der Waals surface area contributed by atoms with Gasteiger partial charge in [0.15, 0.2) is 0 Å². The van der Waals surface area contributed by atoms with Crippen LogP contribution in [0.2, 0.25) is 0 Å². The van der Waals surface area contributed by atoms with Crippen LogP contribution in [0.1, 0.15) is 47.0 Å². The maximum atomic E-state index is 12.8. The lowest BCUT2D eigenvalue weighted by atomic mass is 10.0. The van der Waals surface area contributed by atoms with Crippen LogP contribution in [0.15, 0.2) is 0 Å². The molecule has 4 unspecified atom stereocenters. The van der Waals surface area contributed by atoms with E-state index in [9.17, 15) is 29.1 Å². The lowest BCUT2D eigenvalue weighted by Crippen LogP contribution is -2.58. The second kappa shape index (κ2) is 14.7. The molecular weight excluding hydrogens is 440 g/mol. The largest absolute Gasteiger partial charge is 0.481 e. The van der Waals surface area contributed by atoms with Crippen LogP contribution in [0, 0.1) is 11.8 Å². The first-order valence-corrected chi connectivity index (χ1v) is 11.8. The molecule has 184 valence electrons. The maximum Gasteiger partial charge on any atom is 0.326 e. The van der Waals surface area contributed by atoms with Gasteiger partial charge in [0.2, 0.25) is 17.7 Å². The minimum atomic E-state index is -1.51. The van der Waals surface area contributed by atoms with Crippen molar-refractivity contribution in [3.63, 3.8) is 0 Å². The first-order valence-electron chi connectivity index (χ1n) is 10.4. The number of carbonyl (C=O) groups is 5. The molecule has 0 heterocycles. The number of carbonyl (C=O) groups excluding carboxylic acids is 3. The van der Waals surface area contributed by atoms with Gasteiger partial charge < -0.3 is 31.9 Å².